The van der Waals surface area contributed by atoms with Crippen LogP contribution < -0.4 is 5.32 Å². The van der Waals surface area contributed by atoms with E-state index in [4.69, 9.17) is 4.52 Å². The summed E-state index contributed by atoms with van der Waals surface area (Å²) < 4.78 is 5.57. The fraction of sp³-hybridized carbons (Fsp3) is 0.600. The Balaban J connectivity index is 1.51. The summed E-state index contributed by atoms with van der Waals surface area (Å²) in [6, 6.07) is 3.99. The van der Waals surface area contributed by atoms with Gasteiger partial charge in [0.05, 0.1) is 11.8 Å². The van der Waals surface area contributed by atoms with Crippen molar-refractivity contribution in [2.24, 2.45) is 11.8 Å². The smallest absolute Gasteiger partial charge is 0.235 e. The molecule has 4 rings (SSSR count). The lowest BCUT2D eigenvalue weighted by Gasteiger charge is -2.26. The van der Waals surface area contributed by atoms with Crippen molar-refractivity contribution in [1.29, 1.82) is 0 Å². The number of aryl methyl sites for hydroxylation is 1. The Bertz CT molecular complexity index is 863. The average molecular weight is 403 g/mol. The highest BCUT2D eigenvalue weighted by molar-refractivity contribution is 7.10. The zero-order valence-corrected chi connectivity index (χ0v) is 17.3. The number of likely N-dealkylation sites (tertiary alicyclic amines) is 1. The largest absolute Gasteiger partial charge is 0.353 e. The van der Waals surface area contributed by atoms with E-state index in [1.54, 1.807) is 18.3 Å². The fourth-order valence-corrected chi connectivity index (χ4v) is 5.40. The maximum atomic E-state index is 12.6. The van der Waals surface area contributed by atoms with Crippen molar-refractivity contribution in [3.05, 3.63) is 34.1 Å². The summed E-state index contributed by atoms with van der Waals surface area (Å²) in [5.41, 5.74) is -0.368. The third-order valence-corrected chi connectivity index (χ3v) is 6.79. The molecule has 2 aromatic heterocycles. The van der Waals surface area contributed by atoms with E-state index in [-0.39, 0.29) is 35.1 Å². The van der Waals surface area contributed by atoms with Crippen molar-refractivity contribution < 1.29 is 14.1 Å². The predicted molar refractivity (Wildman–Crippen MR) is 105 cm³/mol. The number of aromatic nitrogens is 2. The van der Waals surface area contributed by atoms with Crippen molar-refractivity contribution in [2.45, 2.75) is 51.5 Å². The molecule has 0 spiro atoms. The van der Waals surface area contributed by atoms with Gasteiger partial charge in [-0.1, -0.05) is 25.1 Å². The molecule has 2 aliphatic rings. The monoisotopic (exact) mass is 402 g/mol. The summed E-state index contributed by atoms with van der Waals surface area (Å²) in [6.45, 7) is 6.91. The number of nitrogens with one attached hydrogen (secondary N) is 1. The number of fused-ring (bicyclic) bond motifs is 1. The van der Waals surface area contributed by atoms with Crippen molar-refractivity contribution in [2.75, 3.05) is 13.1 Å². The molecular formula is C20H26N4O3S. The van der Waals surface area contributed by atoms with Crippen LogP contribution in [0, 0.1) is 18.8 Å². The second kappa shape index (κ2) is 7.31. The van der Waals surface area contributed by atoms with Crippen LogP contribution in [0.25, 0.3) is 0 Å². The molecule has 0 bridgehead atoms. The number of thiophene rings is 1. The number of rotatable bonds is 5. The van der Waals surface area contributed by atoms with E-state index >= 15 is 0 Å². The fourth-order valence-electron chi connectivity index (χ4n) is 4.69. The van der Waals surface area contributed by atoms with E-state index in [0.717, 1.165) is 17.7 Å². The zero-order chi connectivity index (χ0) is 19.9. The topological polar surface area (TPSA) is 88.3 Å². The highest BCUT2D eigenvalue weighted by atomic mass is 32.1. The summed E-state index contributed by atoms with van der Waals surface area (Å²) in [6.07, 6.45) is 1.94. The number of carbonyl (C=O) groups excluding carboxylic acids is 2. The van der Waals surface area contributed by atoms with Crippen molar-refractivity contribution in [3.63, 3.8) is 0 Å². The molecule has 150 valence electrons. The van der Waals surface area contributed by atoms with Crippen LogP contribution in [0.15, 0.2) is 22.0 Å². The van der Waals surface area contributed by atoms with Gasteiger partial charge in [0.15, 0.2) is 5.82 Å². The lowest BCUT2D eigenvalue weighted by molar-refractivity contribution is -0.134. The van der Waals surface area contributed by atoms with Crippen LogP contribution in [0.2, 0.25) is 0 Å². The van der Waals surface area contributed by atoms with E-state index in [0.29, 0.717) is 31.2 Å². The van der Waals surface area contributed by atoms with Gasteiger partial charge < -0.3 is 14.7 Å². The molecule has 2 fully saturated rings. The predicted octanol–water partition coefficient (Wildman–Crippen LogP) is 2.31. The molecule has 1 aliphatic heterocycles. The summed E-state index contributed by atoms with van der Waals surface area (Å²) in [4.78, 5) is 32.6. The molecule has 2 aromatic rings. The highest BCUT2D eigenvalue weighted by Gasteiger charge is 2.58. The number of nitrogens with zero attached hydrogens (tertiary/aromatic N) is 3. The summed E-state index contributed by atoms with van der Waals surface area (Å²) in [5, 5.41) is 9.15. The van der Waals surface area contributed by atoms with Gasteiger partial charge >= 0.3 is 0 Å². The molecule has 28 heavy (non-hydrogen) atoms. The molecule has 1 aliphatic carbocycles. The van der Waals surface area contributed by atoms with E-state index in [2.05, 4.69) is 15.5 Å². The normalized spacial score (nSPS) is 26.6. The van der Waals surface area contributed by atoms with Crippen LogP contribution in [0.1, 0.15) is 43.3 Å². The minimum Gasteiger partial charge on any atom is -0.353 e. The minimum atomic E-state index is -0.368. The first-order valence-corrected chi connectivity index (χ1v) is 10.7. The number of hydrogen-bond acceptors (Lipinski definition) is 6. The first-order valence-electron chi connectivity index (χ1n) is 9.78. The first-order chi connectivity index (χ1) is 13.4. The van der Waals surface area contributed by atoms with Gasteiger partial charge in [0.1, 0.15) is 0 Å². The van der Waals surface area contributed by atoms with Gasteiger partial charge in [0, 0.05) is 29.9 Å². The standard InChI is InChI=1S/C20H26N4O3S/c1-12(2)18(26)24-10-14-7-15(22-17(25)8-16-5-4-6-28-16)9-20(14,11-24)19-21-13(3)23-27-19/h4-6,12,14-15H,7-11H2,1-3H3,(H,22,25)/t14?,15-,20+/m1/s1. The van der Waals surface area contributed by atoms with Gasteiger partial charge in [-0.2, -0.15) is 4.98 Å². The van der Waals surface area contributed by atoms with E-state index < -0.39 is 0 Å². The second-order valence-corrected chi connectivity index (χ2v) is 9.37. The second-order valence-electron chi connectivity index (χ2n) is 8.33. The minimum absolute atomic E-state index is 0.0402. The highest BCUT2D eigenvalue weighted by Crippen LogP contribution is 2.50. The molecule has 0 aromatic carbocycles. The summed E-state index contributed by atoms with van der Waals surface area (Å²) in [7, 11) is 0. The number of carbonyl (C=O) groups is 2. The summed E-state index contributed by atoms with van der Waals surface area (Å²) in [5.74, 6) is 1.57. The molecule has 1 N–H and O–H groups in total. The molecule has 3 atom stereocenters. The van der Waals surface area contributed by atoms with Gasteiger partial charge in [0.2, 0.25) is 17.7 Å². The third-order valence-electron chi connectivity index (χ3n) is 5.91. The lowest BCUT2D eigenvalue weighted by Crippen LogP contribution is -2.40. The van der Waals surface area contributed by atoms with Crippen molar-refractivity contribution in [1.82, 2.24) is 20.4 Å². The third kappa shape index (κ3) is 3.45. The van der Waals surface area contributed by atoms with Gasteiger partial charge in [-0.25, -0.2) is 0 Å². The SMILES string of the molecule is Cc1noc([C@]23C[C@H](NC(=O)Cc4cccs4)CC2CN(C(=O)C(C)C)C3)n1. The van der Waals surface area contributed by atoms with Crippen LogP contribution in [-0.4, -0.2) is 46.0 Å². The molecule has 7 nitrogen and oxygen atoms in total. The number of amides is 2. The Hall–Kier alpha value is -2.22. The van der Waals surface area contributed by atoms with Crippen molar-refractivity contribution >= 4 is 23.2 Å². The van der Waals surface area contributed by atoms with Gasteiger partial charge in [-0.3, -0.25) is 9.59 Å². The molecule has 1 unspecified atom stereocenters. The van der Waals surface area contributed by atoms with Crippen LogP contribution in [0.4, 0.5) is 0 Å². The maximum absolute atomic E-state index is 12.6. The Kier molecular flexibility index (Phi) is 4.99. The average Bonchev–Trinajstić information content (AvgIpc) is 3.38. The molecule has 3 heterocycles. The van der Waals surface area contributed by atoms with Gasteiger partial charge in [0.25, 0.3) is 0 Å². The van der Waals surface area contributed by atoms with E-state index in [1.807, 2.05) is 36.3 Å². The molecule has 1 saturated heterocycles. The van der Waals surface area contributed by atoms with E-state index in [9.17, 15) is 9.59 Å². The van der Waals surface area contributed by atoms with Crippen LogP contribution >= 0.6 is 11.3 Å². The zero-order valence-electron chi connectivity index (χ0n) is 16.5. The van der Waals surface area contributed by atoms with E-state index in [1.165, 1.54) is 0 Å². The van der Waals surface area contributed by atoms with Crippen LogP contribution in [-0.2, 0) is 21.4 Å². The Morgan fingerprint density at radius 3 is 2.93 bits per heavy atom. The molecule has 1 saturated carbocycles. The Morgan fingerprint density at radius 1 is 1.46 bits per heavy atom. The van der Waals surface area contributed by atoms with Crippen LogP contribution in [0.3, 0.4) is 0 Å². The van der Waals surface area contributed by atoms with Gasteiger partial charge in [-0.05, 0) is 37.1 Å². The molecule has 0 radical (unpaired) electrons. The lowest BCUT2D eigenvalue weighted by atomic mass is 9.80. The first kappa shape index (κ1) is 19.1. The summed E-state index contributed by atoms with van der Waals surface area (Å²) >= 11 is 1.59. The molecule has 8 heteroatoms. The molecular weight excluding hydrogens is 376 g/mol. The molecule has 2 amide bonds. The maximum Gasteiger partial charge on any atom is 0.235 e. The Labute approximate surface area is 168 Å². The van der Waals surface area contributed by atoms with Gasteiger partial charge in [-0.15, -0.1) is 11.3 Å². The Morgan fingerprint density at radius 2 is 2.29 bits per heavy atom. The number of hydrogen-bond donors (Lipinski definition) is 1. The van der Waals surface area contributed by atoms with Crippen LogP contribution in [0.5, 0.6) is 0 Å². The van der Waals surface area contributed by atoms with Crippen molar-refractivity contribution in [3.8, 4) is 0 Å². The quantitative estimate of drug-likeness (QED) is 0.829.